The van der Waals surface area contributed by atoms with Crippen LogP contribution in [0.25, 0.3) is 0 Å². The second-order valence-corrected chi connectivity index (χ2v) is 5.06. The molecular formula is C12H12O4S. The number of hydrogen-bond acceptors (Lipinski definition) is 5. The molecule has 4 nitrogen and oxygen atoms in total. The molecule has 0 N–H and O–H groups in total. The molecule has 5 heteroatoms. The summed E-state index contributed by atoms with van der Waals surface area (Å²) in [6, 6.07) is 1.89. The molecule has 2 rings (SSSR count). The van der Waals surface area contributed by atoms with E-state index in [1.165, 1.54) is 24.5 Å². The van der Waals surface area contributed by atoms with Crippen LogP contribution >= 0.6 is 11.3 Å². The minimum atomic E-state index is -1.10. The fourth-order valence-corrected chi connectivity index (χ4v) is 2.45. The van der Waals surface area contributed by atoms with E-state index in [0.29, 0.717) is 0 Å². The molecule has 1 atom stereocenters. The fraction of sp³-hybridized carbons (Fsp3) is 0.333. The summed E-state index contributed by atoms with van der Waals surface area (Å²) < 4.78 is 9.99. The monoisotopic (exact) mass is 252 g/mol. The van der Waals surface area contributed by atoms with Gasteiger partial charge in [-0.05, 0) is 25.3 Å². The highest BCUT2D eigenvalue weighted by Crippen LogP contribution is 2.37. The van der Waals surface area contributed by atoms with E-state index in [4.69, 9.17) is 4.74 Å². The topological polar surface area (TPSA) is 52.6 Å². The van der Waals surface area contributed by atoms with Crippen molar-refractivity contribution in [2.45, 2.75) is 19.4 Å². The Morgan fingerprint density at radius 2 is 2.24 bits per heavy atom. The van der Waals surface area contributed by atoms with Crippen molar-refractivity contribution in [1.29, 1.82) is 0 Å². The standard InChI is InChI=1S/C12H12O4S/c1-7-4-8(6-17-7)12(2)10(13)5-9(16-12)11(14)15-3/h4-6H,1-3H3. The van der Waals surface area contributed by atoms with Gasteiger partial charge in [0, 0.05) is 16.5 Å². The van der Waals surface area contributed by atoms with Crippen LogP contribution < -0.4 is 0 Å². The molecule has 1 aromatic heterocycles. The summed E-state index contributed by atoms with van der Waals surface area (Å²) >= 11 is 1.54. The average Bonchev–Trinajstić information content (AvgIpc) is 2.84. The normalized spacial score (nSPS) is 23.2. The summed E-state index contributed by atoms with van der Waals surface area (Å²) in [5, 5.41) is 1.86. The first-order valence-corrected chi connectivity index (χ1v) is 5.94. The molecule has 0 bridgehead atoms. The quantitative estimate of drug-likeness (QED) is 0.755. The molecule has 0 saturated carbocycles. The van der Waals surface area contributed by atoms with Gasteiger partial charge in [0.2, 0.25) is 11.5 Å². The summed E-state index contributed by atoms with van der Waals surface area (Å²) in [4.78, 5) is 24.3. The summed E-state index contributed by atoms with van der Waals surface area (Å²) in [7, 11) is 1.25. The molecule has 1 unspecified atom stereocenters. The van der Waals surface area contributed by atoms with Crippen LogP contribution in [0.15, 0.2) is 23.3 Å². The van der Waals surface area contributed by atoms with Crippen molar-refractivity contribution in [1.82, 2.24) is 0 Å². The van der Waals surface area contributed by atoms with Gasteiger partial charge in [0.1, 0.15) is 0 Å². The van der Waals surface area contributed by atoms with Crippen molar-refractivity contribution in [3.8, 4) is 0 Å². The lowest BCUT2D eigenvalue weighted by Crippen LogP contribution is -2.29. The maximum Gasteiger partial charge on any atom is 0.373 e. The number of methoxy groups -OCH3 is 1. The van der Waals surface area contributed by atoms with Crippen LogP contribution in [0.2, 0.25) is 0 Å². The maximum absolute atomic E-state index is 11.9. The molecule has 0 amide bonds. The van der Waals surface area contributed by atoms with Gasteiger partial charge in [0.15, 0.2) is 5.60 Å². The zero-order valence-corrected chi connectivity index (χ0v) is 10.6. The van der Waals surface area contributed by atoms with Crippen LogP contribution in [0.5, 0.6) is 0 Å². The van der Waals surface area contributed by atoms with Gasteiger partial charge >= 0.3 is 5.97 Å². The smallest absolute Gasteiger partial charge is 0.373 e. The van der Waals surface area contributed by atoms with Crippen molar-refractivity contribution in [2.24, 2.45) is 0 Å². The Hall–Kier alpha value is -1.62. The van der Waals surface area contributed by atoms with Crippen LogP contribution in [-0.2, 0) is 24.7 Å². The molecule has 1 aromatic rings. The average molecular weight is 252 g/mol. The molecule has 0 aliphatic carbocycles. The second kappa shape index (κ2) is 4.00. The third kappa shape index (κ3) is 1.86. The molecule has 90 valence electrons. The highest BCUT2D eigenvalue weighted by Gasteiger charge is 2.44. The van der Waals surface area contributed by atoms with Crippen LogP contribution in [0.4, 0.5) is 0 Å². The molecule has 1 aliphatic rings. The summed E-state index contributed by atoms with van der Waals surface area (Å²) in [5.41, 5.74) is -0.339. The predicted octanol–water partition coefficient (Wildman–Crippen LogP) is 1.93. The zero-order chi connectivity index (χ0) is 12.6. The largest absolute Gasteiger partial charge is 0.467 e. The van der Waals surface area contributed by atoms with Gasteiger partial charge in [-0.15, -0.1) is 11.3 Å². The Morgan fingerprint density at radius 1 is 1.53 bits per heavy atom. The zero-order valence-electron chi connectivity index (χ0n) is 9.77. The van der Waals surface area contributed by atoms with E-state index in [0.717, 1.165) is 10.4 Å². The van der Waals surface area contributed by atoms with Gasteiger partial charge in [-0.1, -0.05) is 0 Å². The van der Waals surface area contributed by atoms with Gasteiger partial charge < -0.3 is 9.47 Å². The van der Waals surface area contributed by atoms with Crippen LogP contribution in [0.1, 0.15) is 17.4 Å². The molecule has 0 aromatic carbocycles. The first-order chi connectivity index (χ1) is 7.97. The number of carbonyl (C=O) groups is 2. The Bertz CT molecular complexity index is 514. The van der Waals surface area contributed by atoms with E-state index in [-0.39, 0.29) is 11.5 Å². The van der Waals surface area contributed by atoms with E-state index in [1.54, 1.807) is 6.92 Å². The van der Waals surface area contributed by atoms with Gasteiger partial charge in [0.25, 0.3) is 0 Å². The number of rotatable bonds is 2. The van der Waals surface area contributed by atoms with Crippen molar-refractivity contribution in [3.63, 3.8) is 0 Å². The fourth-order valence-electron chi connectivity index (χ4n) is 1.65. The Morgan fingerprint density at radius 3 is 2.76 bits per heavy atom. The second-order valence-electron chi connectivity index (χ2n) is 3.95. The summed E-state index contributed by atoms with van der Waals surface area (Å²) in [6.07, 6.45) is 1.19. The number of carbonyl (C=O) groups excluding carboxylic acids is 2. The molecule has 1 aliphatic heterocycles. The van der Waals surface area contributed by atoms with Crippen molar-refractivity contribution >= 4 is 23.1 Å². The number of esters is 1. The first-order valence-electron chi connectivity index (χ1n) is 5.06. The number of ether oxygens (including phenoxy) is 2. The minimum absolute atomic E-state index is 0.0381. The Labute approximate surface area is 103 Å². The highest BCUT2D eigenvalue weighted by atomic mass is 32.1. The van der Waals surface area contributed by atoms with Crippen molar-refractivity contribution in [2.75, 3.05) is 7.11 Å². The summed E-state index contributed by atoms with van der Waals surface area (Å²) in [5.74, 6) is -0.909. The number of hydrogen-bond donors (Lipinski definition) is 0. The van der Waals surface area contributed by atoms with Gasteiger partial charge in [-0.3, -0.25) is 4.79 Å². The van der Waals surface area contributed by atoms with Crippen LogP contribution in [-0.4, -0.2) is 18.9 Å². The van der Waals surface area contributed by atoms with Gasteiger partial charge in [-0.2, -0.15) is 0 Å². The molecule has 17 heavy (non-hydrogen) atoms. The molecule has 2 heterocycles. The SMILES string of the molecule is COC(=O)C1=CC(=O)C(C)(c2csc(C)c2)O1. The van der Waals surface area contributed by atoms with Crippen molar-refractivity contribution < 1.29 is 19.1 Å². The van der Waals surface area contributed by atoms with Crippen LogP contribution in [0, 0.1) is 6.92 Å². The lowest BCUT2D eigenvalue weighted by atomic mass is 9.95. The van der Waals surface area contributed by atoms with E-state index in [2.05, 4.69) is 4.74 Å². The number of aryl methyl sites for hydroxylation is 1. The van der Waals surface area contributed by atoms with Gasteiger partial charge in [-0.25, -0.2) is 4.79 Å². The van der Waals surface area contributed by atoms with Crippen molar-refractivity contribution in [3.05, 3.63) is 33.7 Å². The number of ketones is 1. The molecule has 0 saturated heterocycles. The molecule has 0 spiro atoms. The van der Waals surface area contributed by atoms with Crippen LogP contribution in [0.3, 0.4) is 0 Å². The van der Waals surface area contributed by atoms with E-state index in [9.17, 15) is 9.59 Å². The third-order valence-corrected chi connectivity index (χ3v) is 3.58. The molecular weight excluding hydrogens is 240 g/mol. The minimum Gasteiger partial charge on any atom is -0.467 e. The van der Waals surface area contributed by atoms with E-state index < -0.39 is 11.6 Å². The Kier molecular flexibility index (Phi) is 2.79. The lowest BCUT2D eigenvalue weighted by molar-refractivity contribution is -0.144. The van der Waals surface area contributed by atoms with E-state index in [1.807, 2.05) is 18.4 Å². The third-order valence-electron chi connectivity index (χ3n) is 2.71. The summed E-state index contributed by atoms with van der Waals surface area (Å²) in [6.45, 7) is 3.61. The Balaban J connectivity index is 2.32. The predicted molar refractivity (Wildman–Crippen MR) is 62.6 cm³/mol. The molecule has 0 radical (unpaired) electrons. The maximum atomic E-state index is 11.9. The van der Waals surface area contributed by atoms with Gasteiger partial charge in [0.05, 0.1) is 7.11 Å². The molecule has 0 fully saturated rings. The highest BCUT2D eigenvalue weighted by molar-refractivity contribution is 7.10. The number of thiophene rings is 1. The van der Waals surface area contributed by atoms with E-state index >= 15 is 0 Å². The first kappa shape index (κ1) is 11.9. The lowest BCUT2D eigenvalue weighted by Gasteiger charge is -2.22.